The van der Waals surface area contributed by atoms with E-state index in [1.54, 1.807) is 25.1 Å². The second-order valence-electron chi connectivity index (χ2n) is 4.86. The molecule has 2 N–H and O–H groups in total. The summed E-state index contributed by atoms with van der Waals surface area (Å²) in [5, 5.41) is 12.4. The number of benzene rings is 2. The first kappa shape index (κ1) is 14.1. The summed E-state index contributed by atoms with van der Waals surface area (Å²) in [7, 11) is 0. The van der Waals surface area contributed by atoms with E-state index in [0.717, 1.165) is 17.5 Å². The molecule has 0 aliphatic carbocycles. The first-order valence-corrected chi connectivity index (χ1v) is 6.77. The second kappa shape index (κ2) is 6.24. The lowest BCUT2D eigenvalue weighted by Gasteiger charge is -2.15. The third kappa shape index (κ3) is 3.18. The highest BCUT2D eigenvalue weighted by molar-refractivity contribution is 5.95. The molecule has 2 rings (SSSR count). The number of aromatic hydroxyl groups is 1. The highest BCUT2D eigenvalue weighted by Crippen LogP contribution is 2.24. The fourth-order valence-corrected chi connectivity index (χ4v) is 2.22. The molecule has 1 amide bonds. The second-order valence-corrected chi connectivity index (χ2v) is 4.86. The highest BCUT2D eigenvalue weighted by atomic mass is 16.3. The van der Waals surface area contributed by atoms with Crippen molar-refractivity contribution in [3.63, 3.8) is 0 Å². The van der Waals surface area contributed by atoms with Gasteiger partial charge in [-0.2, -0.15) is 0 Å². The molecule has 0 spiro atoms. The molecule has 0 radical (unpaired) electrons. The Labute approximate surface area is 119 Å². The van der Waals surface area contributed by atoms with Crippen LogP contribution in [0.15, 0.2) is 48.5 Å². The van der Waals surface area contributed by atoms with Crippen LogP contribution in [0.4, 0.5) is 5.69 Å². The number of phenolic OH excluding ortho intramolecular Hbond substituents is 1. The molecule has 0 saturated carbocycles. The molecule has 3 heteroatoms. The van der Waals surface area contributed by atoms with Gasteiger partial charge in [-0.1, -0.05) is 37.3 Å². The van der Waals surface area contributed by atoms with E-state index >= 15 is 0 Å². The molecule has 3 nitrogen and oxygen atoms in total. The van der Waals surface area contributed by atoms with Gasteiger partial charge >= 0.3 is 0 Å². The zero-order valence-corrected chi connectivity index (χ0v) is 11.8. The minimum atomic E-state index is -0.162. The number of nitrogens with one attached hydrogen (secondary N) is 1. The van der Waals surface area contributed by atoms with Crippen LogP contribution in [0.1, 0.15) is 30.4 Å². The first-order valence-electron chi connectivity index (χ1n) is 6.77. The number of amides is 1. The Bertz CT molecular complexity index is 593. The van der Waals surface area contributed by atoms with E-state index in [-0.39, 0.29) is 17.6 Å². The molecule has 0 bridgehead atoms. The number of rotatable bonds is 4. The van der Waals surface area contributed by atoms with Crippen LogP contribution >= 0.6 is 0 Å². The van der Waals surface area contributed by atoms with E-state index in [1.807, 2.05) is 37.3 Å². The molecule has 1 unspecified atom stereocenters. The summed E-state index contributed by atoms with van der Waals surface area (Å²) >= 11 is 0. The molecule has 1 atom stereocenters. The lowest BCUT2D eigenvalue weighted by atomic mass is 9.95. The van der Waals surface area contributed by atoms with Crippen molar-refractivity contribution >= 4 is 11.6 Å². The van der Waals surface area contributed by atoms with Gasteiger partial charge < -0.3 is 10.4 Å². The summed E-state index contributed by atoms with van der Waals surface area (Å²) in [5.41, 5.74) is 2.47. The Kier molecular flexibility index (Phi) is 4.41. The molecule has 104 valence electrons. The van der Waals surface area contributed by atoms with Crippen LogP contribution in [0.5, 0.6) is 5.75 Å². The van der Waals surface area contributed by atoms with Crippen molar-refractivity contribution in [3.05, 3.63) is 59.7 Å². The molecular weight excluding hydrogens is 250 g/mol. The molecule has 2 aromatic rings. The Morgan fingerprint density at radius 1 is 1.20 bits per heavy atom. The Morgan fingerprint density at radius 2 is 1.90 bits per heavy atom. The number of anilines is 1. The van der Waals surface area contributed by atoms with Crippen LogP contribution < -0.4 is 5.32 Å². The quantitative estimate of drug-likeness (QED) is 0.829. The van der Waals surface area contributed by atoms with Crippen molar-refractivity contribution in [3.8, 4) is 5.75 Å². The lowest BCUT2D eigenvalue weighted by Crippen LogP contribution is -2.20. The third-order valence-electron chi connectivity index (χ3n) is 3.39. The highest BCUT2D eigenvalue weighted by Gasteiger charge is 2.18. The van der Waals surface area contributed by atoms with Gasteiger partial charge in [0, 0.05) is 5.69 Å². The van der Waals surface area contributed by atoms with Gasteiger partial charge in [-0.15, -0.1) is 0 Å². The fourth-order valence-electron chi connectivity index (χ4n) is 2.22. The van der Waals surface area contributed by atoms with Gasteiger partial charge in [-0.25, -0.2) is 0 Å². The van der Waals surface area contributed by atoms with Gasteiger partial charge in [0.05, 0.1) is 5.92 Å². The van der Waals surface area contributed by atoms with Crippen LogP contribution in [0.3, 0.4) is 0 Å². The topological polar surface area (TPSA) is 49.3 Å². The van der Waals surface area contributed by atoms with Crippen molar-refractivity contribution in [2.45, 2.75) is 26.2 Å². The number of carbonyl (C=O) groups excluding carboxylic acids is 1. The molecule has 0 aliphatic rings. The Balaban J connectivity index is 2.15. The van der Waals surface area contributed by atoms with E-state index in [1.165, 1.54) is 0 Å². The van der Waals surface area contributed by atoms with Crippen molar-refractivity contribution < 1.29 is 9.90 Å². The summed E-state index contributed by atoms with van der Waals surface area (Å²) in [4.78, 5) is 12.4. The summed E-state index contributed by atoms with van der Waals surface area (Å²) < 4.78 is 0. The number of hydrogen-bond acceptors (Lipinski definition) is 2. The molecule has 0 aromatic heterocycles. The number of phenols is 1. The molecule has 0 saturated heterocycles. The van der Waals surface area contributed by atoms with Gasteiger partial charge in [0.15, 0.2) is 0 Å². The zero-order chi connectivity index (χ0) is 14.5. The monoisotopic (exact) mass is 269 g/mol. The molecular formula is C17H19NO2. The van der Waals surface area contributed by atoms with Crippen molar-refractivity contribution in [2.75, 3.05) is 5.32 Å². The summed E-state index contributed by atoms with van der Waals surface area (Å²) in [5.74, 6) is 0.0483. The van der Waals surface area contributed by atoms with Crippen LogP contribution in [-0.4, -0.2) is 11.0 Å². The van der Waals surface area contributed by atoms with Crippen LogP contribution in [0, 0.1) is 6.92 Å². The maximum Gasteiger partial charge on any atom is 0.231 e. The van der Waals surface area contributed by atoms with E-state index < -0.39 is 0 Å². The van der Waals surface area contributed by atoms with Crippen LogP contribution in [-0.2, 0) is 4.79 Å². The largest absolute Gasteiger partial charge is 0.508 e. The predicted molar refractivity (Wildman–Crippen MR) is 80.9 cm³/mol. The SMILES string of the molecule is CCC(C(=O)Nc1ccc(O)c(C)c1)c1ccccc1. The van der Waals surface area contributed by atoms with E-state index in [2.05, 4.69) is 5.32 Å². The van der Waals surface area contributed by atoms with Gasteiger partial charge in [0.1, 0.15) is 5.75 Å². The van der Waals surface area contributed by atoms with Crippen molar-refractivity contribution in [1.82, 2.24) is 0 Å². The minimum absolute atomic E-state index is 0.0243. The first-order chi connectivity index (χ1) is 9.61. The average molecular weight is 269 g/mol. The zero-order valence-electron chi connectivity index (χ0n) is 11.8. The summed E-state index contributed by atoms with van der Waals surface area (Å²) in [6.45, 7) is 3.80. The van der Waals surface area contributed by atoms with Crippen LogP contribution in [0.2, 0.25) is 0 Å². The maximum atomic E-state index is 12.4. The predicted octanol–water partition coefficient (Wildman–Crippen LogP) is 3.83. The van der Waals surface area contributed by atoms with Gasteiger partial charge in [0.2, 0.25) is 5.91 Å². The van der Waals surface area contributed by atoms with Crippen molar-refractivity contribution in [1.29, 1.82) is 0 Å². The molecule has 0 aliphatic heterocycles. The maximum absolute atomic E-state index is 12.4. The Morgan fingerprint density at radius 3 is 2.50 bits per heavy atom. The standard InChI is InChI=1S/C17H19NO2/c1-3-15(13-7-5-4-6-8-13)17(20)18-14-9-10-16(19)12(2)11-14/h4-11,15,19H,3H2,1-2H3,(H,18,20). The average Bonchev–Trinajstić information content (AvgIpc) is 2.45. The Hall–Kier alpha value is -2.29. The van der Waals surface area contributed by atoms with E-state index in [4.69, 9.17) is 0 Å². The summed E-state index contributed by atoms with van der Waals surface area (Å²) in [6, 6.07) is 14.8. The van der Waals surface area contributed by atoms with Crippen LogP contribution in [0.25, 0.3) is 0 Å². The van der Waals surface area contributed by atoms with Gasteiger partial charge in [-0.3, -0.25) is 4.79 Å². The van der Waals surface area contributed by atoms with E-state index in [0.29, 0.717) is 5.69 Å². The third-order valence-corrected chi connectivity index (χ3v) is 3.39. The normalized spacial score (nSPS) is 11.9. The smallest absolute Gasteiger partial charge is 0.231 e. The van der Waals surface area contributed by atoms with E-state index in [9.17, 15) is 9.90 Å². The lowest BCUT2D eigenvalue weighted by molar-refractivity contribution is -0.117. The molecule has 0 fully saturated rings. The number of hydrogen-bond donors (Lipinski definition) is 2. The molecule has 0 heterocycles. The molecule has 20 heavy (non-hydrogen) atoms. The molecule has 2 aromatic carbocycles. The van der Waals surface area contributed by atoms with Gasteiger partial charge in [0.25, 0.3) is 0 Å². The number of aryl methyl sites for hydroxylation is 1. The summed E-state index contributed by atoms with van der Waals surface area (Å²) in [6.07, 6.45) is 0.743. The van der Waals surface area contributed by atoms with Crippen molar-refractivity contribution in [2.24, 2.45) is 0 Å². The minimum Gasteiger partial charge on any atom is -0.508 e. The fraction of sp³-hybridized carbons (Fsp3) is 0.235. The number of carbonyl (C=O) groups is 1. The van der Waals surface area contributed by atoms with Gasteiger partial charge in [-0.05, 0) is 42.7 Å².